The number of aromatic nitrogens is 1. The number of unbranched alkanes of at least 4 members (excludes halogenated alkanes) is 2. The fourth-order valence-electron chi connectivity index (χ4n) is 1.03. The van der Waals surface area contributed by atoms with E-state index in [2.05, 4.69) is 27.8 Å². The molecule has 1 aromatic heterocycles. The number of nitrogens with zero attached hydrogens (tertiary/aromatic N) is 1. The minimum atomic E-state index is 0.676. The quantitative estimate of drug-likeness (QED) is 0.572. The largest absolute Gasteiger partial charge is 0.247 e. The van der Waals surface area contributed by atoms with Crippen molar-refractivity contribution in [2.24, 2.45) is 0 Å². The number of thioether (sulfide) groups is 1. The van der Waals surface area contributed by atoms with Crippen molar-refractivity contribution < 1.29 is 0 Å². The van der Waals surface area contributed by atoms with Crippen molar-refractivity contribution in [3.63, 3.8) is 0 Å². The Kier molecular flexibility index (Phi) is 5.90. The molecule has 0 saturated carbocycles. The van der Waals surface area contributed by atoms with Gasteiger partial charge < -0.3 is 0 Å². The molecule has 1 nitrogen and oxygen atoms in total. The summed E-state index contributed by atoms with van der Waals surface area (Å²) in [6.07, 6.45) is 5.49. The zero-order chi connectivity index (χ0) is 10.4. The molecule has 0 aliphatic rings. The second-order valence-corrected chi connectivity index (χ2v) is 5.37. The van der Waals surface area contributed by atoms with Crippen molar-refractivity contribution in [2.45, 2.75) is 31.2 Å². The predicted octanol–water partition coefficient (Wildman–Crippen LogP) is 4.78. The summed E-state index contributed by atoms with van der Waals surface area (Å²) in [6.45, 7) is 2.21. The summed E-state index contributed by atoms with van der Waals surface area (Å²) in [5.41, 5.74) is 0. The minimum Gasteiger partial charge on any atom is -0.247 e. The number of rotatable bonds is 5. The maximum absolute atomic E-state index is 5.80. The molecule has 0 aromatic carbocycles. The van der Waals surface area contributed by atoms with Gasteiger partial charge in [-0.3, -0.25) is 0 Å². The van der Waals surface area contributed by atoms with Crippen molar-refractivity contribution in [3.05, 3.63) is 21.8 Å². The molecule has 78 valence electrons. The van der Waals surface area contributed by atoms with Crippen LogP contribution in [0.2, 0.25) is 5.02 Å². The first-order chi connectivity index (χ1) is 6.74. The van der Waals surface area contributed by atoms with Gasteiger partial charge in [0, 0.05) is 6.20 Å². The second-order valence-electron chi connectivity index (χ2n) is 3.00. The van der Waals surface area contributed by atoms with Gasteiger partial charge in [0.05, 0.1) is 9.50 Å². The number of hydrogen-bond acceptors (Lipinski definition) is 2. The molecule has 0 aliphatic carbocycles. The van der Waals surface area contributed by atoms with E-state index in [1.54, 1.807) is 18.0 Å². The van der Waals surface area contributed by atoms with Gasteiger partial charge >= 0.3 is 0 Å². The average molecular weight is 295 g/mol. The Bertz CT molecular complexity index is 293. The molecule has 1 heterocycles. The third kappa shape index (κ3) is 4.20. The Hall–Kier alpha value is 0.270. The van der Waals surface area contributed by atoms with Gasteiger partial charge in [0.25, 0.3) is 0 Å². The molecule has 14 heavy (non-hydrogen) atoms. The lowest BCUT2D eigenvalue weighted by Gasteiger charge is -2.02. The Labute approximate surface area is 103 Å². The minimum absolute atomic E-state index is 0.676. The standard InChI is InChI=1S/C10H13BrClNS/c1-2-3-4-5-14-10-9(11)6-8(12)7-13-10/h6-7H,2-5H2,1H3. The van der Waals surface area contributed by atoms with Crippen LogP contribution in [0.25, 0.3) is 0 Å². The molecule has 0 spiro atoms. The Morgan fingerprint density at radius 1 is 1.50 bits per heavy atom. The third-order valence-corrected chi connectivity index (χ3v) is 3.93. The molecule has 0 saturated heterocycles. The molecule has 0 radical (unpaired) electrons. The van der Waals surface area contributed by atoms with Crippen LogP contribution in [0.1, 0.15) is 26.2 Å². The Morgan fingerprint density at radius 3 is 2.93 bits per heavy atom. The van der Waals surface area contributed by atoms with Gasteiger partial charge in [-0.05, 0) is 34.2 Å². The molecule has 0 amide bonds. The van der Waals surface area contributed by atoms with E-state index < -0.39 is 0 Å². The molecule has 0 atom stereocenters. The summed E-state index contributed by atoms with van der Waals surface area (Å²) in [6, 6.07) is 1.89. The van der Waals surface area contributed by atoms with Gasteiger partial charge in [0.2, 0.25) is 0 Å². The van der Waals surface area contributed by atoms with Gasteiger partial charge in [-0.2, -0.15) is 0 Å². The van der Waals surface area contributed by atoms with E-state index in [-0.39, 0.29) is 0 Å². The smallest absolute Gasteiger partial charge is 0.110 e. The monoisotopic (exact) mass is 293 g/mol. The van der Waals surface area contributed by atoms with Crippen molar-refractivity contribution in [1.29, 1.82) is 0 Å². The summed E-state index contributed by atoms with van der Waals surface area (Å²) >= 11 is 11.0. The molecular formula is C10H13BrClNS. The highest BCUT2D eigenvalue weighted by Crippen LogP contribution is 2.28. The first-order valence-electron chi connectivity index (χ1n) is 4.68. The fraction of sp³-hybridized carbons (Fsp3) is 0.500. The third-order valence-electron chi connectivity index (χ3n) is 1.76. The van der Waals surface area contributed by atoms with Crippen molar-refractivity contribution >= 4 is 39.3 Å². The van der Waals surface area contributed by atoms with Crippen LogP contribution in [0.4, 0.5) is 0 Å². The van der Waals surface area contributed by atoms with Gasteiger partial charge in [0.1, 0.15) is 5.03 Å². The van der Waals surface area contributed by atoms with E-state index in [0.29, 0.717) is 5.02 Å². The summed E-state index contributed by atoms with van der Waals surface area (Å²) in [5.74, 6) is 1.13. The van der Waals surface area contributed by atoms with Crippen LogP contribution in [0.3, 0.4) is 0 Å². The second kappa shape index (κ2) is 6.70. The lowest BCUT2D eigenvalue weighted by atomic mass is 10.3. The highest BCUT2D eigenvalue weighted by atomic mass is 79.9. The summed E-state index contributed by atoms with van der Waals surface area (Å²) in [4.78, 5) is 4.26. The lowest BCUT2D eigenvalue weighted by molar-refractivity contribution is 0.778. The van der Waals surface area contributed by atoms with Crippen molar-refractivity contribution in [3.8, 4) is 0 Å². The predicted molar refractivity (Wildman–Crippen MR) is 67.2 cm³/mol. The number of halogens is 2. The summed E-state index contributed by atoms with van der Waals surface area (Å²) < 4.78 is 0.992. The fourth-order valence-corrected chi connectivity index (χ4v) is 2.88. The maximum Gasteiger partial charge on any atom is 0.110 e. The van der Waals surface area contributed by atoms with Crippen LogP contribution in [-0.2, 0) is 0 Å². The molecule has 0 aliphatic heterocycles. The van der Waals surface area contributed by atoms with Crippen LogP contribution in [0, 0.1) is 0 Å². The zero-order valence-corrected chi connectivity index (χ0v) is 11.3. The van der Waals surface area contributed by atoms with E-state index in [0.717, 1.165) is 15.3 Å². The SMILES string of the molecule is CCCCCSc1ncc(Cl)cc1Br. The van der Waals surface area contributed by atoms with Crippen molar-refractivity contribution in [1.82, 2.24) is 4.98 Å². The van der Waals surface area contributed by atoms with Crippen LogP contribution < -0.4 is 0 Å². The topological polar surface area (TPSA) is 12.9 Å². The summed E-state index contributed by atoms with van der Waals surface area (Å²) in [5, 5.41) is 1.71. The zero-order valence-electron chi connectivity index (χ0n) is 8.09. The Morgan fingerprint density at radius 2 is 2.29 bits per heavy atom. The molecule has 1 rings (SSSR count). The molecule has 0 fully saturated rings. The van der Waals surface area contributed by atoms with E-state index >= 15 is 0 Å². The van der Waals surface area contributed by atoms with Gasteiger partial charge in [-0.1, -0.05) is 31.4 Å². The first kappa shape index (κ1) is 12.3. The molecular weight excluding hydrogens is 282 g/mol. The van der Waals surface area contributed by atoms with Crippen LogP contribution in [0.5, 0.6) is 0 Å². The first-order valence-corrected chi connectivity index (χ1v) is 6.83. The molecule has 0 N–H and O–H groups in total. The van der Waals surface area contributed by atoms with E-state index in [4.69, 9.17) is 11.6 Å². The van der Waals surface area contributed by atoms with Gasteiger partial charge in [-0.15, -0.1) is 11.8 Å². The highest BCUT2D eigenvalue weighted by Gasteiger charge is 2.02. The molecule has 0 bridgehead atoms. The maximum atomic E-state index is 5.80. The highest BCUT2D eigenvalue weighted by molar-refractivity contribution is 9.10. The molecule has 4 heteroatoms. The van der Waals surface area contributed by atoms with E-state index in [1.165, 1.54) is 19.3 Å². The van der Waals surface area contributed by atoms with Gasteiger partial charge in [-0.25, -0.2) is 4.98 Å². The number of pyridine rings is 1. The number of hydrogen-bond donors (Lipinski definition) is 0. The van der Waals surface area contributed by atoms with Crippen LogP contribution >= 0.6 is 39.3 Å². The molecule has 0 unspecified atom stereocenters. The average Bonchev–Trinajstić information content (AvgIpc) is 2.15. The van der Waals surface area contributed by atoms with Crippen LogP contribution in [-0.4, -0.2) is 10.7 Å². The molecule has 1 aromatic rings. The normalized spacial score (nSPS) is 10.5. The lowest BCUT2D eigenvalue weighted by Crippen LogP contribution is -1.85. The summed E-state index contributed by atoms with van der Waals surface area (Å²) in [7, 11) is 0. The van der Waals surface area contributed by atoms with Crippen LogP contribution in [0.15, 0.2) is 21.8 Å². The van der Waals surface area contributed by atoms with Crippen molar-refractivity contribution in [2.75, 3.05) is 5.75 Å². The Balaban J connectivity index is 2.42. The van der Waals surface area contributed by atoms with E-state index in [1.807, 2.05) is 6.07 Å². The van der Waals surface area contributed by atoms with E-state index in [9.17, 15) is 0 Å². The van der Waals surface area contributed by atoms with Gasteiger partial charge in [0.15, 0.2) is 0 Å².